The summed E-state index contributed by atoms with van der Waals surface area (Å²) in [6, 6.07) is 8.70. The maximum Gasteiger partial charge on any atom is 0.231 e. The van der Waals surface area contributed by atoms with E-state index in [1.165, 1.54) is 22.3 Å². The quantitative estimate of drug-likeness (QED) is 0.790. The third-order valence-corrected chi connectivity index (χ3v) is 6.37. The van der Waals surface area contributed by atoms with Gasteiger partial charge < -0.3 is 19.3 Å². The number of ether oxygens (including phenoxy) is 3. The van der Waals surface area contributed by atoms with Crippen LogP contribution < -0.4 is 14.2 Å². The monoisotopic (exact) mass is 351 g/mol. The van der Waals surface area contributed by atoms with Crippen molar-refractivity contribution in [3.63, 3.8) is 0 Å². The van der Waals surface area contributed by atoms with Crippen LogP contribution in [0.5, 0.6) is 17.2 Å². The van der Waals surface area contributed by atoms with Gasteiger partial charge in [-0.1, -0.05) is 12.1 Å². The minimum atomic E-state index is -0.422. The number of hydrogen-bond acceptors (Lipinski definition) is 5. The molecule has 0 spiro atoms. The maximum atomic E-state index is 11.1. The SMILES string of the molecule is CN1Cc2c(ccc3c2OCC3)C2C(O)Cc3cc4c(cc3C21)OCO4. The number of hydrogen-bond donors (Lipinski definition) is 1. The van der Waals surface area contributed by atoms with E-state index in [0.29, 0.717) is 6.42 Å². The van der Waals surface area contributed by atoms with E-state index in [-0.39, 0.29) is 18.8 Å². The van der Waals surface area contributed by atoms with Gasteiger partial charge in [0.15, 0.2) is 11.5 Å². The third-order valence-electron chi connectivity index (χ3n) is 6.37. The Morgan fingerprint density at radius 3 is 2.77 bits per heavy atom. The van der Waals surface area contributed by atoms with Gasteiger partial charge in [0.1, 0.15) is 5.75 Å². The molecule has 3 unspecified atom stereocenters. The average molecular weight is 351 g/mol. The van der Waals surface area contributed by atoms with Gasteiger partial charge in [0.2, 0.25) is 6.79 Å². The van der Waals surface area contributed by atoms with Crippen molar-refractivity contribution >= 4 is 0 Å². The summed E-state index contributed by atoms with van der Waals surface area (Å²) in [4.78, 5) is 2.35. The van der Waals surface area contributed by atoms with E-state index in [0.717, 1.165) is 42.4 Å². The summed E-state index contributed by atoms with van der Waals surface area (Å²) in [5.41, 5.74) is 6.20. The average Bonchev–Trinajstić information content (AvgIpc) is 3.28. The fourth-order valence-corrected chi connectivity index (χ4v) is 5.25. The highest BCUT2D eigenvalue weighted by Crippen LogP contribution is 2.53. The molecule has 26 heavy (non-hydrogen) atoms. The van der Waals surface area contributed by atoms with Crippen LogP contribution >= 0.6 is 0 Å². The van der Waals surface area contributed by atoms with E-state index in [1.807, 2.05) is 6.07 Å². The number of benzene rings is 2. The van der Waals surface area contributed by atoms with Crippen molar-refractivity contribution in [2.75, 3.05) is 20.4 Å². The molecule has 0 amide bonds. The Labute approximate surface area is 152 Å². The first-order valence-electron chi connectivity index (χ1n) is 9.29. The van der Waals surface area contributed by atoms with Gasteiger partial charge in [-0.25, -0.2) is 0 Å². The first-order chi connectivity index (χ1) is 12.7. The molecule has 0 saturated carbocycles. The van der Waals surface area contributed by atoms with Gasteiger partial charge in [-0.15, -0.1) is 0 Å². The van der Waals surface area contributed by atoms with Gasteiger partial charge in [-0.05, 0) is 47.9 Å². The molecule has 5 heteroatoms. The largest absolute Gasteiger partial charge is 0.493 e. The zero-order valence-electron chi connectivity index (χ0n) is 14.7. The van der Waals surface area contributed by atoms with Crippen molar-refractivity contribution in [2.24, 2.45) is 0 Å². The topological polar surface area (TPSA) is 51.2 Å². The third kappa shape index (κ3) is 1.87. The first-order valence-corrected chi connectivity index (χ1v) is 9.29. The lowest BCUT2D eigenvalue weighted by molar-refractivity contribution is 0.0592. The van der Waals surface area contributed by atoms with Gasteiger partial charge >= 0.3 is 0 Å². The molecule has 1 N–H and O–H groups in total. The summed E-state index contributed by atoms with van der Waals surface area (Å²) in [5.74, 6) is 2.71. The number of fused-ring (bicyclic) bond motifs is 8. The van der Waals surface area contributed by atoms with Crippen LogP contribution in [0.3, 0.4) is 0 Å². The maximum absolute atomic E-state index is 11.1. The van der Waals surface area contributed by atoms with Crippen molar-refractivity contribution in [2.45, 2.75) is 37.5 Å². The van der Waals surface area contributed by atoms with Crippen molar-refractivity contribution < 1.29 is 19.3 Å². The molecule has 3 heterocycles. The second kappa shape index (κ2) is 5.15. The fraction of sp³-hybridized carbons (Fsp3) is 0.429. The molecule has 3 aliphatic heterocycles. The summed E-state index contributed by atoms with van der Waals surface area (Å²) in [6.45, 7) is 1.87. The van der Waals surface area contributed by atoms with E-state index in [4.69, 9.17) is 14.2 Å². The predicted molar refractivity (Wildman–Crippen MR) is 94.9 cm³/mol. The predicted octanol–water partition coefficient (Wildman–Crippen LogP) is 2.54. The van der Waals surface area contributed by atoms with E-state index in [2.05, 4.69) is 30.1 Å². The van der Waals surface area contributed by atoms with Gasteiger partial charge in [0, 0.05) is 30.5 Å². The molecular formula is C21H21NO4. The molecule has 2 aromatic rings. The van der Waals surface area contributed by atoms with E-state index in [9.17, 15) is 5.11 Å². The van der Waals surface area contributed by atoms with Gasteiger partial charge in [0.25, 0.3) is 0 Å². The van der Waals surface area contributed by atoms with Crippen LogP contribution in [-0.2, 0) is 19.4 Å². The number of nitrogens with zero attached hydrogens (tertiary/aromatic N) is 1. The number of rotatable bonds is 0. The Hall–Kier alpha value is -2.24. The Balaban J connectivity index is 1.53. The molecular weight excluding hydrogens is 330 g/mol. The molecule has 0 fully saturated rings. The lowest BCUT2D eigenvalue weighted by atomic mass is 9.70. The lowest BCUT2D eigenvalue weighted by Crippen LogP contribution is -2.43. The molecule has 0 radical (unpaired) electrons. The molecule has 2 aromatic carbocycles. The van der Waals surface area contributed by atoms with Crippen LogP contribution in [0.4, 0.5) is 0 Å². The minimum absolute atomic E-state index is 0.0473. The van der Waals surface area contributed by atoms with Gasteiger partial charge in [-0.3, -0.25) is 4.90 Å². The Morgan fingerprint density at radius 1 is 1.04 bits per heavy atom. The zero-order valence-corrected chi connectivity index (χ0v) is 14.7. The molecule has 0 saturated heterocycles. The fourth-order valence-electron chi connectivity index (χ4n) is 5.25. The smallest absolute Gasteiger partial charge is 0.231 e. The van der Waals surface area contributed by atoms with Gasteiger partial charge in [0.05, 0.1) is 12.7 Å². The van der Waals surface area contributed by atoms with Crippen LogP contribution in [0.2, 0.25) is 0 Å². The van der Waals surface area contributed by atoms with Crippen molar-refractivity contribution in [3.05, 3.63) is 52.1 Å². The molecule has 5 nitrogen and oxygen atoms in total. The molecule has 4 aliphatic rings. The standard InChI is InChI=1S/C21H21NO4/c1-22-9-15-13(3-2-11-4-5-24-21(11)15)19-16(23)6-12-7-17-18(26-10-25-17)8-14(12)20(19)22/h2-3,7-8,16,19-20,23H,4-6,9-10H2,1H3. The molecule has 1 aliphatic carbocycles. The lowest BCUT2D eigenvalue weighted by Gasteiger charge is -2.46. The highest BCUT2D eigenvalue weighted by atomic mass is 16.7. The summed E-state index contributed by atoms with van der Waals surface area (Å²) >= 11 is 0. The van der Waals surface area contributed by atoms with Crippen LogP contribution in [0, 0.1) is 0 Å². The van der Waals surface area contributed by atoms with Crippen molar-refractivity contribution in [1.29, 1.82) is 0 Å². The normalized spacial score (nSPS) is 28.0. The molecule has 0 bridgehead atoms. The van der Waals surface area contributed by atoms with Crippen molar-refractivity contribution in [1.82, 2.24) is 4.90 Å². The Kier molecular flexibility index (Phi) is 2.95. The summed E-state index contributed by atoms with van der Waals surface area (Å²) in [6.07, 6.45) is 1.20. The molecule has 134 valence electrons. The summed E-state index contributed by atoms with van der Waals surface area (Å²) < 4.78 is 17.1. The highest BCUT2D eigenvalue weighted by Gasteiger charge is 2.45. The number of likely N-dealkylation sites (N-methyl/N-ethyl adjacent to an activating group) is 1. The molecule has 3 atom stereocenters. The van der Waals surface area contributed by atoms with Crippen LogP contribution in [0.15, 0.2) is 24.3 Å². The van der Waals surface area contributed by atoms with Crippen LogP contribution in [0.1, 0.15) is 39.8 Å². The first kappa shape index (κ1) is 14.9. The van der Waals surface area contributed by atoms with E-state index >= 15 is 0 Å². The van der Waals surface area contributed by atoms with Gasteiger partial charge in [-0.2, -0.15) is 0 Å². The van der Waals surface area contributed by atoms with Crippen LogP contribution in [-0.4, -0.2) is 36.6 Å². The highest BCUT2D eigenvalue weighted by molar-refractivity contribution is 5.56. The second-order valence-corrected chi connectivity index (χ2v) is 7.78. The number of aliphatic hydroxyl groups is 1. The minimum Gasteiger partial charge on any atom is -0.493 e. The second-order valence-electron chi connectivity index (χ2n) is 7.78. The molecule has 0 aromatic heterocycles. The zero-order chi connectivity index (χ0) is 17.4. The Morgan fingerprint density at radius 2 is 1.88 bits per heavy atom. The summed E-state index contributed by atoms with van der Waals surface area (Å²) in [7, 11) is 2.14. The summed E-state index contributed by atoms with van der Waals surface area (Å²) in [5, 5.41) is 11.1. The van der Waals surface area contributed by atoms with Crippen LogP contribution in [0.25, 0.3) is 0 Å². The van der Waals surface area contributed by atoms with Crippen molar-refractivity contribution in [3.8, 4) is 17.2 Å². The Bertz CT molecular complexity index is 923. The molecule has 6 rings (SSSR count). The van der Waals surface area contributed by atoms with E-state index < -0.39 is 6.10 Å². The van der Waals surface area contributed by atoms with E-state index in [1.54, 1.807) is 0 Å². The number of aliphatic hydroxyl groups excluding tert-OH is 1.